The molecule has 2 bridgehead atoms. The van der Waals surface area contributed by atoms with Crippen LogP contribution in [0, 0.1) is 23.2 Å². The summed E-state index contributed by atoms with van der Waals surface area (Å²) in [5.74, 6) is 0.939. The fourth-order valence-electron chi connectivity index (χ4n) is 5.55. The fourth-order valence-corrected chi connectivity index (χ4v) is 6.47. The van der Waals surface area contributed by atoms with E-state index >= 15 is 0 Å². The number of rotatable bonds is 8. The smallest absolute Gasteiger partial charge is 0.303 e. The van der Waals surface area contributed by atoms with Gasteiger partial charge in [-0.2, -0.15) is 0 Å². The summed E-state index contributed by atoms with van der Waals surface area (Å²) in [4.78, 5) is 23.9. The molecule has 5 rings (SSSR count). The van der Waals surface area contributed by atoms with Crippen molar-refractivity contribution in [2.75, 3.05) is 0 Å². The lowest BCUT2D eigenvalue weighted by Gasteiger charge is -2.62. The number of carbonyl (C=O) groups is 2. The molecule has 2 aromatic rings. The largest absolute Gasteiger partial charge is 0.508 e. The number of hydrogen-bond donors (Lipinski definition) is 3. The van der Waals surface area contributed by atoms with Gasteiger partial charge < -0.3 is 15.5 Å². The first-order chi connectivity index (χ1) is 14.8. The Kier molecular flexibility index (Phi) is 6.11. The van der Waals surface area contributed by atoms with Crippen molar-refractivity contribution in [3.63, 3.8) is 0 Å². The Balaban J connectivity index is 1.46. The average molecular weight is 442 g/mol. The molecule has 6 heteroatoms. The number of allylic oxidation sites excluding steroid dienone is 2. The quantitative estimate of drug-likeness (QED) is 0.368. The average Bonchev–Trinajstić information content (AvgIpc) is 3.13. The van der Waals surface area contributed by atoms with Gasteiger partial charge in [-0.05, 0) is 73.5 Å². The molecule has 3 saturated carbocycles. The Bertz CT molecular complexity index is 1010. The van der Waals surface area contributed by atoms with Gasteiger partial charge in [-0.15, -0.1) is 11.3 Å². The maximum Gasteiger partial charge on any atom is 0.303 e. The molecule has 3 fully saturated rings. The van der Waals surface area contributed by atoms with E-state index in [2.05, 4.69) is 31.3 Å². The number of thiophene rings is 1. The highest BCUT2D eigenvalue weighted by Crippen LogP contribution is 2.61. The van der Waals surface area contributed by atoms with E-state index in [1.54, 1.807) is 12.1 Å². The predicted octanol–water partition coefficient (Wildman–Crippen LogP) is 5.59. The Hall–Kier alpha value is -2.34. The van der Waals surface area contributed by atoms with Crippen LogP contribution in [-0.4, -0.2) is 28.1 Å². The molecule has 166 valence electrons. The number of carbonyl (C=O) groups excluding carboxylic acids is 1. The molecule has 3 N–H and O–H groups in total. The van der Waals surface area contributed by atoms with E-state index in [4.69, 9.17) is 5.11 Å². The van der Waals surface area contributed by atoms with Gasteiger partial charge in [-0.1, -0.05) is 26.0 Å². The van der Waals surface area contributed by atoms with Crippen molar-refractivity contribution in [3.05, 3.63) is 41.3 Å². The number of carboxylic acid groups (broad SMARTS) is 1. The summed E-state index contributed by atoms with van der Waals surface area (Å²) in [5.41, 5.74) is 0.882. The Morgan fingerprint density at radius 1 is 1.26 bits per heavy atom. The minimum Gasteiger partial charge on any atom is -0.508 e. The summed E-state index contributed by atoms with van der Waals surface area (Å²) in [6.07, 6.45) is 9.08. The van der Waals surface area contributed by atoms with Crippen LogP contribution in [0.15, 0.2) is 35.7 Å². The van der Waals surface area contributed by atoms with Crippen molar-refractivity contribution >= 4 is 33.3 Å². The van der Waals surface area contributed by atoms with Crippen molar-refractivity contribution in [1.29, 1.82) is 0 Å². The number of amides is 1. The molecule has 31 heavy (non-hydrogen) atoms. The van der Waals surface area contributed by atoms with Crippen LogP contribution in [0.1, 0.15) is 62.7 Å². The van der Waals surface area contributed by atoms with E-state index in [0.29, 0.717) is 29.7 Å². The molecular formula is C25H31NO4S. The van der Waals surface area contributed by atoms with Crippen LogP contribution in [0.2, 0.25) is 0 Å². The van der Waals surface area contributed by atoms with Crippen LogP contribution in [-0.2, 0) is 4.79 Å². The minimum atomic E-state index is -0.750. The molecule has 1 amide bonds. The summed E-state index contributed by atoms with van der Waals surface area (Å²) < 4.78 is 0.997. The maximum atomic E-state index is 13.2. The van der Waals surface area contributed by atoms with E-state index in [-0.39, 0.29) is 29.5 Å². The monoisotopic (exact) mass is 441 g/mol. The first-order valence-electron chi connectivity index (χ1n) is 11.1. The van der Waals surface area contributed by atoms with Crippen molar-refractivity contribution in [2.24, 2.45) is 23.2 Å². The Morgan fingerprint density at radius 3 is 2.81 bits per heavy atom. The summed E-state index contributed by atoms with van der Waals surface area (Å²) >= 11 is 1.52. The van der Waals surface area contributed by atoms with Crippen LogP contribution in [0.3, 0.4) is 0 Å². The van der Waals surface area contributed by atoms with Crippen LogP contribution in [0.4, 0.5) is 0 Å². The summed E-state index contributed by atoms with van der Waals surface area (Å²) in [7, 11) is 0. The molecule has 0 aliphatic heterocycles. The zero-order valence-corrected chi connectivity index (χ0v) is 19.0. The molecule has 3 aliphatic rings. The lowest BCUT2D eigenvalue weighted by atomic mass is 9.44. The van der Waals surface area contributed by atoms with Crippen LogP contribution in [0.25, 0.3) is 10.1 Å². The van der Waals surface area contributed by atoms with Crippen molar-refractivity contribution in [2.45, 2.75) is 58.4 Å². The highest BCUT2D eigenvalue weighted by molar-refractivity contribution is 7.17. The predicted molar refractivity (Wildman–Crippen MR) is 123 cm³/mol. The molecule has 0 spiro atoms. The molecule has 0 radical (unpaired) electrons. The third kappa shape index (κ3) is 4.36. The number of phenolic OH excluding ortho intramolecular Hbond substituents is 1. The molecule has 3 aliphatic carbocycles. The van der Waals surface area contributed by atoms with Crippen LogP contribution < -0.4 is 5.32 Å². The fraction of sp³-hybridized carbons (Fsp3) is 0.520. The number of carboxylic acids is 1. The molecular weight excluding hydrogens is 410 g/mol. The minimum absolute atomic E-state index is 0.0570. The number of hydrogen-bond acceptors (Lipinski definition) is 4. The van der Waals surface area contributed by atoms with Crippen LogP contribution >= 0.6 is 11.3 Å². The highest BCUT2D eigenvalue weighted by Gasteiger charge is 2.57. The third-order valence-electron chi connectivity index (χ3n) is 7.54. The number of aliphatic carboxylic acids is 1. The third-order valence-corrected chi connectivity index (χ3v) is 8.50. The van der Waals surface area contributed by atoms with Gasteiger partial charge >= 0.3 is 5.97 Å². The summed E-state index contributed by atoms with van der Waals surface area (Å²) in [6.45, 7) is 4.64. The van der Waals surface area contributed by atoms with Gasteiger partial charge in [-0.3, -0.25) is 9.59 Å². The second kappa shape index (κ2) is 8.65. The maximum absolute atomic E-state index is 13.2. The van der Waals surface area contributed by atoms with Crippen molar-refractivity contribution < 1.29 is 19.8 Å². The van der Waals surface area contributed by atoms with Crippen LogP contribution in [0.5, 0.6) is 5.75 Å². The number of fused-ring (bicyclic) bond motifs is 3. The summed E-state index contributed by atoms with van der Waals surface area (Å²) in [5, 5.41) is 24.7. The highest BCUT2D eigenvalue weighted by atomic mass is 32.1. The first kappa shape index (κ1) is 21.9. The number of benzene rings is 1. The van der Waals surface area contributed by atoms with Gasteiger partial charge in [0, 0.05) is 27.9 Å². The van der Waals surface area contributed by atoms with Crippen molar-refractivity contribution in [3.8, 4) is 5.75 Å². The number of aromatic hydroxyl groups is 1. The van der Waals surface area contributed by atoms with E-state index in [1.807, 2.05) is 11.4 Å². The zero-order chi connectivity index (χ0) is 22.2. The van der Waals surface area contributed by atoms with Gasteiger partial charge in [0.25, 0.3) is 5.91 Å². The van der Waals surface area contributed by atoms with Gasteiger partial charge in [0.2, 0.25) is 0 Å². The van der Waals surface area contributed by atoms with E-state index < -0.39 is 5.97 Å². The zero-order valence-electron chi connectivity index (χ0n) is 18.1. The molecule has 5 nitrogen and oxygen atoms in total. The van der Waals surface area contributed by atoms with E-state index in [1.165, 1.54) is 17.8 Å². The molecule has 0 saturated heterocycles. The van der Waals surface area contributed by atoms with Gasteiger partial charge in [0.1, 0.15) is 5.75 Å². The van der Waals surface area contributed by atoms with E-state index in [0.717, 1.165) is 29.3 Å². The summed E-state index contributed by atoms with van der Waals surface area (Å²) in [6, 6.07) is 5.30. The molecule has 1 heterocycles. The van der Waals surface area contributed by atoms with Gasteiger partial charge in [0.05, 0.1) is 5.56 Å². The second-order valence-corrected chi connectivity index (χ2v) is 10.6. The Labute approximate surface area is 187 Å². The molecule has 1 aromatic carbocycles. The number of unbranched alkanes of at least 4 members (excludes halogenated alkanes) is 1. The lowest BCUT2D eigenvalue weighted by molar-refractivity contribution is -0.137. The SMILES string of the molecule is CC1(C)[C@@H]2C[C@H](C/C=C/CCCC(=O)O)C(NC(=O)c3csc4ccc(O)cc34)[C@H]1C2. The van der Waals surface area contributed by atoms with Gasteiger partial charge in [0.15, 0.2) is 0 Å². The van der Waals surface area contributed by atoms with E-state index in [9.17, 15) is 14.7 Å². The second-order valence-electron chi connectivity index (χ2n) is 9.68. The molecule has 1 unspecified atom stereocenters. The number of phenols is 1. The lowest BCUT2D eigenvalue weighted by Crippen LogP contribution is -2.63. The molecule has 4 atom stereocenters. The Morgan fingerprint density at radius 2 is 2.06 bits per heavy atom. The topological polar surface area (TPSA) is 86.6 Å². The van der Waals surface area contributed by atoms with Crippen molar-refractivity contribution in [1.82, 2.24) is 5.32 Å². The molecule has 1 aromatic heterocycles. The number of nitrogens with one attached hydrogen (secondary N) is 1. The first-order valence-corrected chi connectivity index (χ1v) is 12.0. The normalized spacial score (nSPS) is 26.6. The standard InChI is InChI=1S/C25H31NO4S/c1-25(2)16-11-15(7-5-3-4-6-8-22(28)29)23(20(25)12-16)26-24(30)19-14-31-21-10-9-17(27)13-18(19)21/h3,5,9-10,13-16,20,23,27H,4,6-8,11-12H2,1-2H3,(H,26,30)(H,28,29)/b5-3+/t15-,16+,20+,23?/m0/s1. The van der Waals surface area contributed by atoms with Gasteiger partial charge in [-0.25, -0.2) is 0 Å².